The molecule has 2 atom stereocenters. The number of carbonyl (C=O) groups excluding carboxylic acids is 1. The van der Waals surface area contributed by atoms with Gasteiger partial charge in [-0.25, -0.2) is 8.42 Å². The highest BCUT2D eigenvalue weighted by Crippen LogP contribution is 2.25. The molecule has 2 aromatic rings. The number of benzene rings is 1. The van der Waals surface area contributed by atoms with Gasteiger partial charge in [-0.2, -0.15) is 4.31 Å². The van der Waals surface area contributed by atoms with Gasteiger partial charge < -0.3 is 5.32 Å². The van der Waals surface area contributed by atoms with E-state index in [1.165, 1.54) is 12.1 Å². The molecule has 1 saturated heterocycles. The fourth-order valence-electron chi connectivity index (χ4n) is 3.23. The lowest BCUT2D eigenvalue weighted by molar-refractivity contribution is 0.0940. The van der Waals surface area contributed by atoms with E-state index in [9.17, 15) is 13.2 Å². The van der Waals surface area contributed by atoms with Gasteiger partial charge in [0.15, 0.2) is 0 Å². The van der Waals surface area contributed by atoms with Gasteiger partial charge >= 0.3 is 0 Å². The second kappa shape index (κ2) is 7.90. The van der Waals surface area contributed by atoms with E-state index < -0.39 is 10.0 Å². The summed E-state index contributed by atoms with van der Waals surface area (Å²) in [6.07, 6.45) is 2.85. The smallest absolute Gasteiger partial charge is 0.251 e. The Morgan fingerprint density at radius 2 is 1.96 bits per heavy atom. The number of sulfonamides is 1. The topological polar surface area (TPSA) is 66.5 Å². The average molecular weight is 393 g/mol. The minimum Gasteiger partial charge on any atom is -0.345 e. The molecule has 140 valence electrons. The third kappa shape index (κ3) is 4.00. The number of nitrogens with zero attached hydrogens (tertiary/aromatic N) is 1. The van der Waals surface area contributed by atoms with E-state index in [2.05, 4.69) is 5.32 Å². The number of hydrogen-bond donors (Lipinski definition) is 1. The minimum atomic E-state index is -3.51. The van der Waals surface area contributed by atoms with Crippen molar-refractivity contribution in [2.24, 2.45) is 0 Å². The first-order chi connectivity index (χ1) is 12.4. The molecule has 0 saturated carbocycles. The van der Waals surface area contributed by atoms with E-state index in [1.807, 2.05) is 31.4 Å². The maximum Gasteiger partial charge on any atom is 0.251 e. The molecule has 0 aliphatic carbocycles. The second-order valence-electron chi connectivity index (χ2n) is 6.70. The Kier molecular flexibility index (Phi) is 5.79. The van der Waals surface area contributed by atoms with E-state index in [0.29, 0.717) is 12.1 Å². The first kappa shape index (κ1) is 19.1. The summed E-state index contributed by atoms with van der Waals surface area (Å²) < 4.78 is 27.3. The zero-order valence-corrected chi connectivity index (χ0v) is 16.6. The predicted octanol–water partition coefficient (Wildman–Crippen LogP) is 3.80. The molecular weight excluding hydrogens is 368 g/mol. The molecule has 0 bridgehead atoms. The van der Waals surface area contributed by atoms with Gasteiger partial charge in [0.25, 0.3) is 5.91 Å². The lowest BCUT2D eigenvalue weighted by atomic mass is 10.1. The van der Waals surface area contributed by atoms with E-state index >= 15 is 0 Å². The standard InChI is InChI=1S/C19H24N2O3S2/c1-14-6-3-4-12-21(14)26(23,24)17-10-8-16(9-11-17)19(22)20-15(2)18-7-5-13-25-18/h5,7-11,13-15H,3-4,6,12H2,1-2H3,(H,20,22). The summed E-state index contributed by atoms with van der Waals surface area (Å²) in [5, 5.41) is 4.91. The van der Waals surface area contributed by atoms with E-state index in [0.717, 1.165) is 24.1 Å². The van der Waals surface area contributed by atoms with Crippen molar-refractivity contribution in [3.05, 3.63) is 52.2 Å². The number of hydrogen-bond acceptors (Lipinski definition) is 4. The van der Waals surface area contributed by atoms with Gasteiger partial charge in [0.2, 0.25) is 10.0 Å². The zero-order chi connectivity index (χ0) is 18.7. The first-order valence-electron chi connectivity index (χ1n) is 8.86. The molecule has 1 aromatic heterocycles. The lowest BCUT2D eigenvalue weighted by Crippen LogP contribution is -2.41. The Hall–Kier alpha value is -1.70. The third-order valence-corrected chi connectivity index (χ3v) is 7.87. The normalized spacial score (nSPS) is 19.8. The molecule has 1 aromatic carbocycles. The molecule has 1 aliphatic rings. The van der Waals surface area contributed by atoms with Crippen LogP contribution in [0.4, 0.5) is 0 Å². The van der Waals surface area contributed by atoms with Crippen LogP contribution in [0.1, 0.15) is 54.4 Å². The summed E-state index contributed by atoms with van der Waals surface area (Å²) in [5.41, 5.74) is 0.457. The molecule has 1 amide bonds. The Bertz CT molecular complexity index is 845. The van der Waals surface area contributed by atoms with E-state index in [-0.39, 0.29) is 22.9 Å². The van der Waals surface area contributed by atoms with Crippen LogP contribution in [0.5, 0.6) is 0 Å². The van der Waals surface area contributed by atoms with Crippen molar-refractivity contribution in [1.29, 1.82) is 0 Å². The van der Waals surface area contributed by atoms with Gasteiger partial charge in [-0.05, 0) is 62.4 Å². The van der Waals surface area contributed by atoms with Crippen molar-refractivity contribution in [2.45, 2.75) is 50.1 Å². The van der Waals surface area contributed by atoms with E-state index in [1.54, 1.807) is 27.8 Å². The van der Waals surface area contributed by atoms with Crippen molar-refractivity contribution in [2.75, 3.05) is 6.54 Å². The molecule has 7 heteroatoms. The van der Waals surface area contributed by atoms with Crippen LogP contribution in [0.15, 0.2) is 46.7 Å². The molecule has 5 nitrogen and oxygen atoms in total. The number of carbonyl (C=O) groups is 1. The average Bonchev–Trinajstić information content (AvgIpc) is 3.17. The van der Waals surface area contributed by atoms with Crippen molar-refractivity contribution in [3.8, 4) is 0 Å². The summed E-state index contributed by atoms with van der Waals surface area (Å²) >= 11 is 1.59. The fraction of sp³-hybridized carbons (Fsp3) is 0.421. The number of amides is 1. The summed E-state index contributed by atoms with van der Waals surface area (Å²) in [7, 11) is -3.51. The highest BCUT2D eigenvalue weighted by molar-refractivity contribution is 7.89. The molecule has 2 unspecified atom stereocenters. The van der Waals surface area contributed by atoms with Gasteiger partial charge in [-0.15, -0.1) is 11.3 Å². The highest BCUT2D eigenvalue weighted by Gasteiger charge is 2.30. The van der Waals surface area contributed by atoms with Crippen molar-refractivity contribution < 1.29 is 13.2 Å². The van der Waals surface area contributed by atoms with Gasteiger partial charge in [-0.1, -0.05) is 12.5 Å². The van der Waals surface area contributed by atoms with Crippen LogP contribution in [-0.4, -0.2) is 31.2 Å². The largest absolute Gasteiger partial charge is 0.345 e. The van der Waals surface area contributed by atoms with Crippen molar-refractivity contribution in [3.63, 3.8) is 0 Å². The van der Waals surface area contributed by atoms with Crippen molar-refractivity contribution in [1.82, 2.24) is 9.62 Å². The highest BCUT2D eigenvalue weighted by atomic mass is 32.2. The summed E-state index contributed by atoms with van der Waals surface area (Å²) in [5.74, 6) is -0.207. The molecule has 2 heterocycles. The van der Waals surface area contributed by atoms with Crippen LogP contribution in [0.3, 0.4) is 0 Å². The maximum atomic E-state index is 12.8. The fourth-order valence-corrected chi connectivity index (χ4v) is 5.67. The summed E-state index contributed by atoms with van der Waals surface area (Å²) in [6, 6.07) is 10.1. The van der Waals surface area contributed by atoms with Crippen molar-refractivity contribution >= 4 is 27.3 Å². The third-order valence-electron chi connectivity index (χ3n) is 4.78. The van der Waals surface area contributed by atoms with Gasteiger partial charge in [-0.3, -0.25) is 4.79 Å². The summed E-state index contributed by atoms with van der Waals surface area (Å²) in [6.45, 7) is 4.44. The second-order valence-corrected chi connectivity index (χ2v) is 9.57. The molecule has 1 aliphatic heterocycles. The van der Waals surface area contributed by atoms with Gasteiger partial charge in [0.1, 0.15) is 0 Å². The first-order valence-corrected chi connectivity index (χ1v) is 11.2. The molecule has 0 radical (unpaired) electrons. The number of rotatable bonds is 5. The monoisotopic (exact) mass is 392 g/mol. The Morgan fingerprint density at radius 1 is 1.23 bits per heavy atom. The number of piperidine rings is 1. The van der Waals surface area contributed by atoms with Crippen LogP contribution >= 0.6 is 11.3 Å². The Morgan fingerprint density at radius 3 is 2.58 bits per heavy atom. The maximum absolute atomic E-state index is 12.8. The number of thiophene rings is 1. The molecule has 3 rings (SSSR count). The minimum absolute atomic E-state index is 0.0170. The SMILES string of the molecule is CC(NC(=O)c1ccc(S(=O)(=O)N2CCCCC2C)cc1)c1cccs1. The number of nitrogens with one attached hydrogen (secondary N) is 1. The lowest BCUT2D eigenvalue weighted by Gasteiger charge is -2.32. The molecular formula is C19H24N2O3S2. The predicted molar refractivity (Wildman–Crippen MR) is 104 cm³/mol. The van der Waals surface area contributed by atoms with Gasteiger partial charge in [0.05, 0.1) is 10.9 Å². The van der Waals surface area contributed by atoms with Crippen LogP contribution in [0.25, 0.3) is 0 Å². The Balaban J connectivity index is 1.72. The van der Waals surface area contributed by atoms with Crippen LogP contribution in [-0.2, 0) is 10.0 Å². The van der Waals surface area contributed by atoms with Crippen LogP contribution in [0, 0.1) is 0 Å². The quantitative estimate of drug-likeness (QED) is 0.842. The summed E-state index contributed by atoms with van der Waals surface area (Å²) in [4.78, 5) is 13.7. The zero-order valence-electron chi connectivity index (χ0n) is 15.0. The Labute approximate surface area is 159 Å². The van der Waals surface area contributed by atoms with Crippen LogP contribution in [0.2, 0.25) is 0 Å². The molecule has 1 N–H and O–H groups in total. The van der Waals surface area contributed by atoms with Crippen LogP contribution < -0.4 is 5.32 Å². The molecule has 1 fully saturated rings. The van der Waals surface area contributed by atoms with Gasteiger partial charge in [0, 0.05) is 23.0 Å². The molecule has 0 spiro atoms. The molecule has 26 heavy (non-hydrogen) atoms. The van der Waals surface area contributed by atoms with E-state index in [4.69, 9.17) is 0 Å².